The highest BCUT2D eigenvalue weighted by Gasteiger charge is 2.31. The molecule has 0 amide bonds. The number of alkyl halides is 1. The van der Waals surface area contributed by atoms with Crippen molar-refractivity contribution >= 4 is 23.3 Å². The standard InChI is InChI=1S/C22H26FN5O.ClH/c1-12-5-15-10-25-28(21(15)8-18(12)17-3-4-24-11-19(17)23)22-9-20(26-13(2)27-22)14-6-16(29)7-14;/h5,8-10,14,16-17,19,24,29H,3-4,6-7,11H2,1-2H3;1H/t14?,16?,17-,19+;/m1./s1. The van der Waals surface area contributed by atoms with Gasteiger partial charge in [0.25, 0.3) is 0 Å². The number of aliphatic hydroxyl groups excluding tert-OH is 1. The molecule has 2 atom stereocenters. The monoisotopic (exact) mass is 431 g/mol. The van der Waals surface area contributed by atoms with Crippen molar-refractivity contribution in [3.63, 3.8) is 0 Å². The number of halogens is 2. The number of aryl methyl sites for hydroxylation is 2. The minimum Gasteiger partial charge on any atom is -0.393 e. The van der Waals surface area contributed by atoms with Crippen molar-refractivity contribution < 1.29 is 9.50 Å². The molecule has 1 aliphatic carbocycles. The Bertz CT molecular complexity index is 1070. The summed E-state index contributed by atoms with van der Waals surface area (Å²) in [7, 11) is 0. The van der Waals surface area contributed by atoms with Gasteiger partial charge in [-0.2, -0.15) is 5.10 Å². The molecule has 0 unspecified atom stereocenters. The van der Waals surface area contributed by atoms with Gasteiger partial charge in [0.2, 0.25) is 0 Å². The number of rotatable bonds is 3. The Balaban J connectivity index is 0.00000218. The SMILES string of the molecule is Cc1nc(C2CC(O)C2)cc(-n2ncc3cc(C)c([C@H]4CCNC[C@@H]4F)cc32)n1.Cl. The molecule has 2 N–H and O–H groups in total. The van der Waals surface area contributed by atoms with Gasteiger partial charge in [-0.3, -0.25) is 0 Å². The van der Waals surface area contributed by atoms with E-state index in [1.54, 1.807) is 0 Å². The number of nitrogens with one attached hydrogen (secondary N) is 1. The zero-order valence-corrected chi connectivity index (χ0v) is 18.0. The van der Waals surface area contributed by atoms with Crippen LogP contribution in [0.1, 0.15) is 53.7 Å². The number of benzene rings is 1. The first-order chi connectivity index (χ1) is 14.0. The fourth-order valence-corrected chi connectivity index (χ4v) is 4.68. The maximum Gasteiger partial charge on any atom is 0.157 e. The molecule has 1 saturated heterocycles. The van der Waals surface area contributed by atoms with Crippen LogP contribution < -0.4 is 5.32 Å². The van der Waals surface area contributed by atoms with Gasteiger partial charge in [0.05, 0.1) is 17.8 Å². The first-order valence-corrected chi connectivity index (χ1v) is 10.4. The van der Waals surface area contributed by atoms with E-state index in [0.717, 1.165) is 59.3 Å². The summed E-state index contributed by atoms with van der Waals surface area (Å²) in [5.41, 5.74) is 4.06. The second-order valence-electron chi connectivity index (χ2n) is 8.46. The van der Waals surface area contributed by atoms with Crippen LogP contribution >= 0.6 is 12.4 Å². The minimum atomic E-state index is -0.880. The Kier molecular flexibility index (Phi) is 5.79. The van der Waals surface area contributed by atoms with Crippen LogP contribution in [0.5, 0.6) is 0 Å². The predicted molar refractivity (Wildman–Crippen MR) is 116 cm³/mol. The van der Waals surface area contributed by atoms with Crippen molar-refractivity contribution in [2.75, 3.05) is 13.1 Å². The lowest BCUT2D eigenvalue weighted by atomic mass is 9.80. The topological polar surface area (TPSA) is 75.9 Å². The molecule has 2 fully saturated rings. The van der Waals surface area contributed by atoms with Gasteiger partial charge >= 0.3 is 0 Å². The van der Waals surface area contributed by atoms with Crippen LogP contribution in [-0.2, 0) is 0 Å². The van der Waals surface area contributed by atoms with E-state index in [1.165, 1.54) is 0 Å². The average Bonchev–Trinajstić information content (AvgIpc) is 3.07. The van der Waals surface area contributed by atoms with Crippen molar-refractivity contribution in [3.05, 3.63) is 47.0 Å². The van der Waals surface area contributed by atoms with E-state index >= 15 is 0 Å². The molecule has 1 aliphatic heterocycles. The average molecular weight is 432 g/mol. The molecule has 30 heavy (non-hydrogen) atoms. The second kappa shape index (κ2) is 8.21. The van der Waals surface area contributed by atoms with Crippen LogP contribution in [-0.4, -0.2) is 50.2 Å². The molecular weight excluding hydrogens is 405 g/mol. The van der Waals surface area contributed by atoms with Gasteiger partial charge in [0, 0.05) is 35.5 Å². The van der Waals surface area contributed by atoms with Gasteiger partial charge < -0.3 is 10.4 Å². The van der Waals surface area contributed by atoms with E-state index in [4.69, 9.17) is 0 Å². The third-order valence-electron chi connectivity index (χ3n) is 6.36. The molecule has 0 bridgehead atoms. The summed E-state index contributed by atoms with van der Waals surface area (Å²) in [5, 5.41) is 18.4. The Hall–Kier alpha value is -2.09. The van der Waals surface area contributed by atoms with Crippen molar-refractivity contribution in [2.45, 2.75) is 57.2 Å². The van der Waals surface area contributed by atoms with Crippen molar-refractivity contribution in [1.29, 1.82) is 0 Å². The molecule has 5 rings (SSSR count). The van der Waals surface area contributed by atoms with E-state index in [-0.39, 0.29) is 30.3 Å². The molecule has 0 spiro atoms. The Morgan fingerprint density at radius 2 is 1.97 bits per heavy atom. The van der Waals surface area contributed by atoms with E-state index < -0.39 is 6.17 Å². The number of hydrogen-bond donors (Lipinski definition) is 2. The first kappa shape index (κ1) is 21.2. The molecule has 160 valence electrons. The highest BCUT2D eigenvalue weighted by molar-refractivity contribution is 5.85. The maximum absolute atomic E-state index is 14.6. The van der Waals surface area contributed by atoms with E-state index in [0.29, 0.717) is 12.4 Å². The van der Waals surface area contributed by atoms with Crippen LogP contribution in [0, 0.1) is 13.8 Å². The number of nitrogens with zero attached hydrogens (tertiary/aromatic N) is 4. The van der Waals surface area contributed by atoms with Crippen LogP contribution in [0.3, 0.4) is 0 Å². The molecule has 1 saturated carbocycles. The lowest BCUT2D eigenvalue weighted by molar-refractivity contribution is 0.0731. The summed E-state index contributed by atoms with van der Waals surface area (Å²) < 4.78 is 16.4. The summed E-state index contributed by atoms with van der Waals surface area (Å²) in [6.07, 6.45) is 3.01. The first-order valence-electron chi connectivity index (χ1n) is 10.4. The van der Waals surface area contributed by atoms with Crippen LogP contribution in [0.15, 0.2) is 24.4 Å². The largest absolute Gasteiger partial charge is 0.393 e. The number of aliphatic hydroxyl groups is 1. The smallest absolute Gasteiger partial charge is 0.157 e. The van der Waals surface area contributed by atoms with Gasteiger partial charge in [-0.25, -0.2) is 19.0 Å². The summed E-state index contributed by atoms with van der Waals surface area (Å²) in [4.78, 5) is 9.18. The van der Waals surface area contributed by atoms with Gasteiger partial charge in [-0.05, 0) is 62.9 Å². The fraction of sp³-hybridized carbons (Fsp3) is 0.500. The van der Waals surface area contributed by atoms with E-state index in [2.05, 4.69) is 39.4 Å². The zero-order chi connectivity index (χ0) is 20.1. The van der Waals surface area contributed by atoms with Crippen molar-refractivity contribution in [2.24, 2.45) is 0 Å². The second-order valence-corrected chi connectivity index (χ2v) is 8.46. The molecule has 1 aromatic carbocycles. The van der Waals surface area contributed by atoms with Gasteiger partial charge in [-0.15, -0.1) is 12.4 Å². The van der Waals surface area contributed by atoms with Crippen LogP contribution in [0.25, 0.3) is 16.7 Å². The Labute approximate surface area is 181 Å². The molecule has 3 aromatic rings. The highest BCUT2D eigenvalue weighted by atomic mass is 35.5. The van der Waals surface area contributed by atoms with Crippen molar-refractivity contribution in [1.82, 2.24) is 25.1 Å². The number of aromatic nitrogens is 4. The minimum absolute atomic E-state index is 0. The zero-order valence-electron chi connectivity index (χ0n) is 17.2. The Morgan fingerprint density at radius 3 is 2.70 bits per heavy atom. The summed E-state index contributed by atoms with van der Waals surface area (Å²) in [6, 6.07) is 6.16. The van der Waals surface area contributed by atoms with E-state index in [9.17, 15) is 9.50 Å². The van der Waals surface area contributed by atoms with Gasteiger partial charge in [-0.1, -0.05) is 0 Å². The third-order valence-corrected chi connectivity index (χ3v) is 6.36. The number of piperidine rings is 1. The Morgan fingerprint density at radius 1 is 1.17 bits per heavy atom. The normalized spacial score (nSPS) is 26.3. The molecule has 2 aromatic heterocycles. The van der Waals surface area contributed by atoms with E-state index in [1.807, 2.05) is 23.9 Å². The van der Waals surface area contributed by atoms with Crippen LogP contribution in [0.4, 0.5) is 4.39 Å². The molecule has 6 nitrogen and oxygen atoms in total. The molecule has 0 radical (unpaired) electrons. The quantitative estimate of drug-likeness (QED) is 0.663. The van der Waals surface area contributed by atoms with Crippen LogP contribution in [0.2, 0.25) is 0 Å². The molecule has 8 heteroatoms. The third kappa shape index (κ3) is 3.70. The predicted octanol–water partition coefficient (Wildman–Crippen LogP) is 3.51. The number of hydrogen-bond acceptors (Lipinski definition) is 5. The number of fused-ring (bicyclic) bond motifs is 1. The summed E-state index contributed by atoms with van der Waals surface area (Å²) >= 11 is 0. The molecule has 3 heterocycles. The lowest BCUT2D eigenvalue weighted by Crippen LogP contribution is -2.36. The fourth-order valence-electron chi connectivity index (χ4n) is 4.68. The molecular formula is C22H27ClFN5O. The summed E-state index contributed by atoms with van der Waals surface area (Å²) in [5.74, 6) is 1.59. The highest BCUT2D eigenvalue weighted by Crippen LogP contribution is 2.37. The van der Waals surface area contributed by atoms with Crippen molar-refractivity contribution in [3.8, 4) is 5.82 Å². The van der Waals surface area contributed by atoms with Gasteiger partial charge in [0.1, 0.15) is 12.0 Å². The molecule has 2 aliphatic rings. The summed E-state index contributed by atoms with van der Waals surface area (Å²) in [6.45, 7) is 5.18. The lowest BCUT2D eigenvalue weighted by Gasteiger charge is -2.31. The van der Waals surface area contributed by atoms with Gasteiger partial charge in [0.15, 0.2) is 5.82 Å². The maximum atomic E-state index is 14.6.